The lowest BCUT2D eigenvalue weighted by Crippen LogP contribution is -2.56. The van der Waals surface area contributed by atoms with Gasteiger partial charge in [-0.25, -0.2) is 4.79 Å². The minimum absolute atomic E-state index is 0.298. The van der Waals surface area contributed by atoms with Crippen molar-refractivity contribution >= 4 is 17.7 Å². The van der Waals surface area contributed by atoms with E-state index in [1.807, 2.05) is 0 Å². The third-order valence-electron chi connectivity index (χ3n) is 3.10. The molecule has 2 N–H and O–H groups in total. The first-order valence-electron chi connectivity index (χ1n) is 6.70. The number of urea groups is 1. The Morgan fingerprint density at radius 1 is 1.33 bits per heavy atom. The molecule has 0 saturated carbocycles. The van der Waals surface area contributed by atoms with Crippen molar-refractivity contribution in [2.75, 3.05) is 32.1 Å². The number of anilines is 1. The van der Waals surface area contributed by atoms with Crippen molar-refractivity contribution in [3.05, 3.63) is 24.3 Å². The maximum absolute atomic E-state index is 12.3. The number of esters is 1. The van der Waals surface area contributed by atoms with Crippen LogP contribution in [-0.2, 0) is 9.53 Å². The summed E-state index contributed by atoms with van der Waals surface area (Å²) < 4.78 is 10.2. The average molecular weight is 293 g/mol. The van der Waals surface area contributed by atoms with Crippen LogP contribution < -0.4 is 15.4 Å². The lowest BCUT2D eigenvalue weighted by molar-refractivity contribution is -0.154. The van der Waals surface area contributed by atoms with Crippen LogP contribution in [0.5, 0.6) is 5.75 Å². The minimum atomic E-state index is -0.588. The van der Waals surface area contributed by atoms with Crippen molar-refractivity contribution in [2.45, 2.75) is 13.2 Å². The van der Waals surface area contributed by atoms with Gasteiger partial charge >= 0.3 is 12.0 Å². The van der Waals surface area contributed by atoms with E-state index in [9.17, 15) is 9.59 Å². The SMILES string of the molecule is COc1ccc(NC(=O)N2CCNCC2OC(C)=O)cc1. The maximum atomic E-state index is 12.3. The Morgan fingerprint density at radius 3 is 2.67 bits per heavy atom. The molecule has 1 heterocycles. The van der Waals surface area contributed by atoms with Crippen molar-refractivity contribution < 1.29 is 19.1 Å². The number of carbonyl (C=O) groups excluding carboxylic acids is 2. The fraction of sp³-hybridized carbons (Fsp3) is 0.429. The maximum Gasteiger partial charge on any atom is 0.324 e. The van der Waals surface area contributed by atoms with Gasteiger partial charge < -0.3 is 20.1 Å². The van der Waals surface area contributed by atoms with E-state index in [-0.39, 0.29) is 6.03 Å². The van der Waals surface area contributed by atoms with E-state index in [0.29, 0.717) is 31.1 Å². The van der Waals surface area contributed by atoms with Gasteiger partial charge in [-0.1, -0.05) is 0 Å². The highest BCUT2D eigenvalue weighted by molar-refractivity contribution is 5.89. The van der Waals surface area contributed by atoms with Crippen LogP contribution in [0.15, 0.2) is 24.3 Å². The molecule has 1 saturated heterocycles. The summed E-state index contributed by atoms with van der Waals surface area (Å²) in [7, 11) is 1.58. The summed E-state index contributed by atoms with van der Waals surface area (Å²) in [4.78, 5) is 24.9. The molecule has 0 aromatic heterocycles. The second-order valence-corrected chi connectivity index (χ2v) is 4.62. The predicted molar refractivity (Wildman–Crippen MR) is 77.1 cm³/mol. The van der Waals surface area contributed by atoms with Gasteiger partial charge in [-0.15, -0.1) is 0 Å². The number of rotatable bonds is 3. The molecule has 1 fully saturated rings. The van der Waals surface area contributed by atoms with Gasteiger partial charge in [0.1, 0.15) is 5.75 Å². The topological polar surface area (TPSA) is 79.9 Å². The molecule has 7 nitrogen and oxygen atoms in total. The molecular formula is C14H19N3O4. The molecule has 1 aliphatic rings. The van der Waals surface area contributed by atoms with E-state index >= 15 is 0 Å². The second-order valence-electron chi connectivity index (χ2n) is 4.62. The number of methoxy groups -OCH3 is 1. The number of carbonyl (C=O) groups is 2. The molecule has 7 heteroatoms. The molecule has 1 aromatic rings. The highest BCUT2D eigenvalue weighted by atomic mass is 16.6. The zero-order chi connectivity index (χ0) is 15.2. The fourth-order valence-electron chi connectivity index (χ4n) is 2.08. The monoisotopic (exact) mass is 293 g/mol. The van der Waals surface area contributed by atoms with Crippen LogP contribution in [0.4, 0.5) is 10.5 Å². The molecule has 21 heavy (non-hydrogen) atoms. The molecule has 1 aromatic carbocycles. The van der Waals surface area contributed by atoms with Crippen LogP contribution in [-0.4, -0.2) is 49.9 Å². The van der Waals surface area contributed by atoms with Crippen molar-refractivity contribution in [1.29, 1.82) is 0 Å². The van der Waals surface area contributed by atoms with E-state index in [1.54, 1.807) is 31.4 Å². The van der Waals surface area contributed by atoms with Crippen LogP contribution in [0.25, 0.3) is 0 Å². The summed E-state index contributed by atoms with van der Waals surface area (Å²) in [6, 6.07) is 6.72. The van der Waals surface area contributed by atoms with Gasteiger partial charge in [0.15, 0.2) is 6.23 Å². The number of nitrogens with one attached hydrogen (secondary N) is 2. The molecule has 1 unspecified atom stereocenters. The molecule has 0 aliphatic carbocycles. The van der Waals surface area contributed by atoms with E-state index in [4.69, 9.17) is 9.47 Å². The Labute approximate surface area is 123 Å². The van der Waals surface area contributed by atoms with Crippen LogP contribution >= 0.6 is 0 Å². The lowest BCUT2D eigenvalue weighted by atomic mass is 10.3. The highest BCUT2D eigenvalue weighted by Gasteiger charge is 2.28. The first kappa shape index (κ1) is 15.1. The number of piperazine rings is 1. The number of benzene rings is 1. The van der Waals surface area contributed by atoms with E-state index < -0.39 is 12.2 Å². The Balaban J connectivity index is 2.00. The molecular weight excluding hydrogens is 274 g/mol. The lowest BCUT2D eigenvalue weighted by Gasteiger charge is -2.35. The summed E-state index contributed by atoms with van der Waals surface area (Å²) in [5.74, 6) is 0.305. The van der Waals surface area contributed by atoms with Gasteiger partial charge in [0.05, 0.1) is 13.7 Å². The normalized spacial score (nSPS) is 18.0. The quantitative estimate of drug-likeness (QED) is 0.813. The third kappa shape index (κ3) is 4.09. The van der Waals surface area contributed by atoms with Crippen LogP contribution in [0.2, 0.25) is 0 Å². The number of nitrogens with zero attached hydrogens (tertiary/aromatic N) is 1. The largest absolute Gasteiger partial charge is 0.497 e. The van der Waals surface area contributed by atoms with Gasteiger partial charge in [0.25, 0.3) is 0 Å². The molecule has 114 valence electrons. The molecule has 1 atom stereocenters. The summed E-state index contributed by atoms with van der Waals surface area (Å²) in [6.45, 7) is 2.89. The molecule has 1 aliphatic heterocycles. The Hall–Kier alpha value is -2.28. The number of hydrogen-bond donors (Lipinski definition) is 2. The third-order valence-corrected chi connectivity index (χ3v) is 3.10. The smallest absolute Gasteiger partial charge is 0.324 e. The first-order valence-corrected chi connectivity index (χ1v) is 6.70. The van der Waals surface area contributed by atoms with Crippen LogP contribution in [0.3, 0.4) is 0 Å². The number of hydrogen-bond acceptors (Lipinski definition) is 5. The molecule has 2 amide bonds. The van der Waals surface area contributed by atoms with Crippen LogP contribution in [0, 0.1) is 0 Å². The van der Waals surface area contributed by atoms with E-state index in [0.717, 1.165) is 0 Å². The van der Waals surface area contributed by atoms with Gasteiger partial charge in [-0.05, 0) is 24.3 Å². The standard InChI is InChI=1S/C14H19N3O4/c1-10(18)21-13-9-15-7-8-17(13)14(19)16-11-3-5-12(20-2)6-4-11/h3-6,13,15H,7-9H2,1-2H3,(H,16,19). The second kappa shape index (κ2) is 6.94. The summed E-state index contributed by atoms with van der Waals surface area (Å²) in [5, 5.41) is 5.87. The first-order chi connectivity index (χ1) is 10.1. The van der Waals surface area contributed by atoms with Crippen molar-refractivity contribution in [2.24, 2.45) is 0 Å². The van der Waals surface area contributed by atoms with Crippen molar-refractivity contribution in [1.82, 2.24) is 10.2 Å². The molecule has 2 rings (SSSR count). The van der Waals surface area contributed by atoms with Crippen LogP contribution in [0.1, 0.15) is 6.92 Å². The van der Waals surface area contributed by atoms with Gasteiger partial charge in [-0.2, -0.15) is 0 Å². The number of amides is 2. The van der Waals surface area contributed by atoms with Gasteiger partial charge in [0.2, 0.25) is 0 Å². The summed E-state index contributed by atoms with van der Waals surface area (Å²) in [5.41, 5.74) is 0.654. The zero-order valence-electron chi connectivity index (χ0n) is 12.1. The molecule has 0 radical (unpaired) electrons. The Bertz CT molecular complexity index is 503. The average Bonchev–Trinajstić information content (AvgIpc) is 2.48. The summed E-state index contributed by atoms with van der Waals surface area (Å²) >= 11 is 0. The van der Waals surface area contributed by atoms with Gasteiger partial charge in [0, 0.05) is 25.7 Å². The van der Waals surface area contributed by atoms with E-state index in [1.165, 1.54) is 11.8 Å². The number of ether oxygens (including phenoxy) is 2. The fourth-order valence-corrected chi connectivity index (χ4v) is 2.08. The zero-order valence-corrected chi connectivity index (χ0v) is 12.1. The minimum Gasteiger partial charge on any atom is -0.497 e. The van der Waals surface area contributed by atoms with Crippen molar-refractivity contribution in [3.63, 3.8) is 0 Å². The Kier molecular flexibility index (Phi) is 4.99. The predicted octanol–water partition coefficient (Wildman–Crippen LogP) is 1.02. The highest BCUT2D eigenvalue weighted by Crippen LogP contribution is 2.16. The molecule has 0 spiro atoms. The molecule has 0 bridgehead atoms. The van der Waals surface area contributed by atoms with Crippen molar-refractivity contribution in [3.8, 4) is 5.75 Å². The van der Waals surface area contributed by atoms with E-state index in [2.05, 4.69) is 10.6 Å². The van der Waals surface area contributed by atoms with Gasteiger partial charge in [-0.3, -0.25) is 9.69 Å². The Morgan fingerprint density at radius 2 is 2.05 bits per heavy atom. The summed E-state index contributed by atoms with van der Waals surface area (Å²) in [6.07, 6.45) is -0.588.